The number of urea groups is 1. The fraction of sp³-hybridized carbons (Fsp3) is 0.148. The molecule has 0 spiro atoms. The van der Waals surface area contributed by atoms with E-state index in [2.05, 4.69) is 35.8 Å². The highest BCUT2D eigenvalue weighted by atomic mass is 19.4. The van der Waals surface area contributed by atoms with Crippen molar-refractivity contribution in [3.8, 4) is 34.1 Å². The van der Waals surface area contributed by atoms with E-state index in [-0.39, 0.29) is 11.6 Å². The van der Waals surface area contributed by atoms with Gasteiger partial charge in [-0.05, 0) is 90.7 Å². The summed E-state index contributed by atoms with van der Waals surface area (Å²) in [6.07, 6.45) is -3.32. The molecule has 2 amide bonds. The Bertz CT molecular complexity index is 1640. The van der Waals surface area contributed by atoms with E-state index in [1.807, 2.05) is 32.9 Å². The van der Waals surface area contributed by atoms with E-state index in [9.17, 15) is 18.0 Å². The average Bonchev–Trinajstić information content (AvgIpc) is 3.54. The number of aromatic nitrogens is 5. The maximum absolute atomic E-state index is 12.7. The van der Waals surface area contributed by atoms with Gasteiger partial charge in [0.15, 0.2) is 11.5 Å². The number of nitrogens with one attached hydrogen (secondary N) is 2. The van der Waals surface area contributed by atoms with Crippen LogP contribution in [0.25, 0.3) is 28.3 Å². The van der Waals surface area contributed by atoms with E-state index in [0.29, 0.717) is 28.5 Å². The zero-order valence-corrected chi connectivity index (χ0v) is 21.4. The summed E-state index contributed by atoms with van der Waals surface area (Å²) in [5.74, 6) is 0.241. The summed E-state index contributed by atoms with van der Waals surface area (Å²) >= 11 is 0. The minimum absolute atomic E-state index is 0.192. The monoisotopic (exact) mass is 549 g/mol. The minimum Gasteiger partial charge on any atom is -0.406 e. The fourth-order valence-corrected chi connectivity index (χ4v) is 4.28. The summed E-state index contributed by atoms with van der Waals surface area (Å²) in [6, 6.07) is 15.5. The van der Waals surface area contributed by atoms with Gasteiger partial charge < -0.3 is 10.1 Å². The van der Waals surface area contributed by atoms with E-state index in [1.54, 1.807) is 24.3 Å². The van der Waals surface area contributed by atoms with E-state index >= 15 is 0 Å². The molecular formula is C27H22F3N7O3. The second-order valence-corrected chi connectivity index (χ2v) is 8.95. The maximum atomic E-state index is 12.7. The largest absolute Gasteiger partial charge is 0.573 e. The van der Waals surface area contributed by atoms with Crippen molar-refractivity contribution >= 4 is 17.5 Å². The average molecular weight is 550 g/mol. The molecule has 0 saturated heterocycles. The van der Waals surface area contributed by atoms with Gasteiger partial charge in [-0.15, -0.1) is 18.3 Å². The van der Waals surface area contributed by atoms with Crippen LogP contribution in [0.2, 0.25) is 0 Å². The number of benzene rings is 3. The van der Waals surface area contributed by atoms with Crippen LogP contribution in [0, 0.1) is 20.8 Å². The van der Waals surface area contributed by atoms with Crippen LogP contribution in [-0.2, 0) is 0 Å². The van der Waals surface area contributed by atoms with Gasteiger partial charge in [0.25, 0.3) is 0 Å². The third kappa shape index (κ3) is 5.93. The first-order chi connectivity index (χ1) is 19.1. The molecule has 5 aromatic rings. The number of nitrogens with zero attached hydrogens (tertiary/aromatic N) is 5. The number of hydrogen-bond acceptors (Lipinski definition) is 7. The van der Waals surface area contributed by atoms with E-state index in [4.69, 9.17) is 4.63 Å². The van der Waals surface area contributed by atoms with Gasteiger partial charge in [-0.3, -0.25) is 5.32 Å². The molecule has 13 heteroatoms. The molecule has 40 heavy (non-hydrogen) atoms. The highest BCUT2D eigenvalue weighted by Gasteiger charge is 2.31. The topological polar surface area (TPSA) is 120 Å². The number of aryl methyl sites for hydroxylation is 3. The molecule has 204 valence electrons. The first kappa shape index (κ1) is 26.4. The Morgan fingerprint density at radius 1 is 0.925 bits per heavy atom. The number of anilines is 2. The summed E-state index contributed by atoms with van der Waals surface area (Å²) < 4.78 is 47.3. The number of amides is 2. The van der Waals surface area contributed by atoms with Crippen LogP contribution in [0.5, 0.6) is 5.75 Å². The second-order valence-electron chi connectivity index (χ2n) is 8.95. The summed E-state index contributed by atoms with van der Waals surface area (Å²) in [5, 5.41) is 17.6. The van der Waals surface area contributed by atoms with Crippen LogP contribution >= 0.6 is 0 Å². The number of carbonyl (C=O) groups excluding carboxylic acids is 1. The lowest BCUT2D eigenvalue weighted by molar-refractivity contribution is -0.274. The lowest BCUT2D eigenvalue weighted by Gasteiger charge is -2.10. The quantitative estimate of drug-likeness (QED) is 0.250. The smallest absolute Gasteiger partial charge is 0.406 e. The molecule has 0 fully saturated rings. The number of alkyl halides is 3. The van der Waals surface area contributed by atoms with Gasteiger partial charge in [-0.2, -0.15) is 0 Å². The molecule has 0 bridgehead atoms. The van der Waals surface area contributed by atoms with Gasteiger partial charge in [0, 0.05) is 16.8 Å². The van der Waals surface area contributed by atoms with Gasteiger partial charge in [0.2, 0.25) is 5.82 Å². The molecule has 2 aromatic heterocycles. The van der Waals surface area contributed by atoms with Crippen molar-refractivity contribution in [2.24, 2.45) is 0 Å². The van der Waals surface area contributed by atoms with Crippen molar-refractivity contribution in [1.29, 1.82) is 0 Å². The molecule has 0 atom stereocenters. The first-order valence-electron chi connectivity index (χ1n) is 11.9. The Balaban J connectivity index is 1.24. The Morgan fingerprint density at radius 3 is 2.25 bits per heavy atom. The number of halogens is 3. The summed E-state index contributed by atoms with van der Waals surface area (Å²) in [6.45, 7) is 5.91. The first-order valence-corrected chi connectivity index (χ1v) is 11.9. The van der Waals surface area contributed by atoms with Gasteiger partial charge in [0.1, 0.15) is 12.1 Å². The lowest BCUT2D eigenvalue weighted by Crippen LogP contribution is -2.20. The second kappa shape index (κ2) is 10.5. The molecule has 0 aliphatic carbocycles. The van der Waals surface area contributed by atoms with Crippen molar-refractivity contribution in [1.82, 2.24) is 25.1 Å². The lowest BCUT2D eigenvalue weighted by atomic mass is 9.97. The highest BCUT2D eigenvalue weighted by molar-refractivity contribution is 6.01. The number of rotatable bonds is 6. The van der Waals surface area contributed by atoms with Crippen LogP contribution in [0.15, 0.2) is 71.6 Å². The van der Waals surface area contributed by atoms with Crippen LogP contribution in [-0.4, -0.2) is 37.5 Å². The molecule has 0 unspecified atom stereocenters. The van der Waals surface area contributed by atoms with Gasteiger partial charge in [-0.25, -0.2) is 19.1 Å². The van der Waals surface area contributed by atoms with E-state index in [0.717, 1.165) is 22.3 Å². The van der Waals surface area contributed by atoms with Crippen molar-refractivity contribution in [2.75, 3.05) is 10.6 Å². The number of hydrogen-bond donors (Lipinski definition) is 2. The summed E-state index contributed by atoms with van der Waals surface area (Å²) in [4.78, 5) is 16.9. The Labute approximate surface area is 225 Å². The zero-order chi connectivity index (χ0) is 28.4. The molecular weight excluding hydrogens is 527 g/mol. The standard InChI is InChI=1S/C27H22F3N7O3/c1-15-12-16(2)22(17(3)13-15)23-25(36-40-35-23)33-26(38)32-19-6-4-18(5-7-19)24-31-14-37(34-24)20-8-10-21(11-9-20)39-27(28,29)30/h4-14H,1-3H3,(H2,32,33,36,38). The van der Waals surface area contributed by atoms with Crippen molar-refractivity contribution in [3.05, 3.63) is 83.7 Å². The van der Waals surface area contributed by atoms with Crippen LogP contribution < -0.4 is 15.4 Å². The van der Waals surface area contributed by atoms with E-state index < -0.39 is 12.4 Å². The van der Waals surface area contributed by atoms with Crippen LogP contribution in [0.1, 0.15) is 16.7 Å². The third-order valence-corrected chi connectivity index (χ3v) is 5.86. The molecule has 2 N–H and O–H groups in total. The SMILES string of the molecule is Cc1cc(C)c(-c2nonc2NC(=O)Nc2ccc(-c3ncn(-c4ccc(OC(F)(F)F)cc4)n3)cc2)c(C)c1. The van der Waals surface area contributed by atoms with Crippen LogP contribution in [0.3, 0.4) is 0 Å². The maximum Gasteiger partial charge on any atom is 0.573 e. The molecule has 0 saturated carbocycles. The van der Waals surface area contributed by atoms with Gasteiger partial charge >= 0.3 is 12.4 Å². The molecule has 2 heterocycles. The van der Waals surface area contributed by atoms with Gasteiger partial charge in [0.05, 0.1) is 5.69 Å². The zero-order valence-electron chi connectivity index (χ0n) is 21.4. The molecule has 0 aliphatic heterocycles. The highest BCUT2D eigenvalue weighted by Crippen LogP contribution is 2.31. The fourth-order valence-electron chi connectivity index (χ4n) is 4.28. The predicted octanol–water partition coefficient (Wildman–Crippen LogP) is 6.45. The Hall–Kier alpha value is -5.20. The third-order valence-electron chi connectivity index (χ3n) is 5.86. The molecule has 5 rings (SSSR count). The normalized spacial score (nSPS) is 11.3. The number of ether oxygens (including phenoxy) is 1. The number of carbonyl (C=O) groups is 1. The molecule has 0 aliphatic rings. The van der Waals surface area contributed by atoms with Crippen LogP contribution in [0.4, 0.5) is 29.5 Å². The molecule has 10 nitrogen and oxygen atoms in total. The minimum atomic E-state index is -4.76. The van der Waals surface area contributed by atoms with Crippen molar-refractivity contribution in [2.45, 2.75) is 27.1 Å². The Kier molecular flexibility index (Phi) is 6.94. The van der Waals surface area contributed by atoms with Gasteiger partial charge in [-0.1, -0.05) is 17.7 Å². The van der Waals surface area contributed by atoms with E-state index in [1.165, 1.54) is 35.3 Å². The predicted molar refractivity (Wildman–Crippen MR) is 140 cm³/mol. The Morgan fingerprint density at radius 2 is 1.60 bits per heavy atom. The molecule has 3 aromatic carbocycles. The van der Waals surface area contributed by atoms with Crippen molar-refractivity contribution < 1.29 is 27.3 Å². The summed E-state index contributed by atoms with van der Waals surface area (Å²) in [7, 11) is 0. The van der Waals surface area contributed by atoms with Crippen molar-refractivity contribution in [3.63, 3.8) is 0 Å². The molecule has 0 radical (unpaired) electrons. The summed E-state index contributed by atoms with van der Waals surface area (Å²) in [5.41, 5.74) is 6.01.